The molecule has 1 fully saturated rings. The van der Waals surface area contributed by atoms with Gasteiger partial charge in [-0.15, -0.1) is 0 Å². The molecule has 7 nitrogen and oxygen atoms in total. The molecule has 140 valence electrons. The Hall–Kier alpha value is -1.89. The van der Waals surface area contributed by atoms with Crippen LogP contribution in [-0.2, 0) is 15.1 Å². The summed E-state index contributed by atoms with van der Waals surface area (Å²) >= 11 is 0. The van der Waals surface area contributed by atoms with Crippen LogP contribution in [0.15, 0.2) is 6.20 Å². The van der Waals surface area contributed by atoms with Gasteiger partial charge in [-0.25, -0.2) is 4.79 Å². The summed E-state index contributed by atoms with van der Waals surface area (Å²) in [7, 11) is 0. The highest BCUT2D eigenvalue weighted by Crippen LogP contribution is 2.51. The van der Waals surface area contributed by atoms with E-state index in [2.05, 4.69) is 10.4 Å². The summed E-state index contributed by atoms with van der Waals surface area (Å²) in [6.45, 7) is 13.8. The Kier molecular flexibility index (Phi) is 4.76. The van der Waals surface area contributed by atoms with Crippen molar-refractivity contribution in [2.45, 2.75) is 72.1 Å². The first-order chi connectivity index (χ1) is 11.4. The minimum absolute atomic E-state index is 0.202. The molecule has 7 heteroatoms. The number of aromatic nitrogens is 2. The predicted octanol–water partition coefficient (Wildman–Crippen LogP) is 2.33. The lowest BCUT2D eigenvalue weighted by Gasteiger charge is -2.58. The maximum absolute atomic E-state index is 12.8. The number of carbonyl (C=O) groups excluding carboxylic acids is 1. The molecule has 1 aromatic heterocycles. The second kappa shape index (κ2) is 6.12. The van der Waals surface area contributed by atoms with Gasteiger partial charge in [0.15, 0.2) is 0 Å². The Balaban J connectivity index is 2.30. The fourth-order valence-electron chi connectivity index (χ4n) is 3.61. The number of carboxylic acid groups (broad SMARTS) is 1. The third-order valence-electron chi connectivity index (χ3n) is 5.35. The zero-order chi connectivity index (χ0) is 19.2. The van der Waals surface area contributed by atoms with Crippen molar-refractivity contribution in [1.82, 2.24) is 15.1 Å². The van der Waals surface area contributed by atoms with E-state index in [4.69, 9.17) is 4.74 Å². The maximum atomic E-state index is 12.8. The van der Waals surface area contributed by atoms with Gasteiger partial charge in [0.05, 0.1) is 23.4 Å². The number of hydrogen-bond donors (Lipinski definition) is 2. The largest absolute Gasteiger partial charge is 0.479 e. The number of rotatable bonds is 5. The van der Waals surface area contributed by atoms with Crippen molar-refractivity contribution in [2.75, 3.05) is 6.61 Å². The third kappa shape index (κ3) is 2.94. The second-order valence-corrected chi connectivity index (χ2v) is 8.26. The van der Waals surface area contributed by atoms with E-state index in [-0.39, 0.29) is 18.1 Å². The van der Waals surface area contributed by atoms with Gasteiger partial charge < -0.3 is 15.2 Å². The standard InChI is InChI=1S/C18H29N3O4/c1-8-25-13-9-18(15(23)24,17(13,6)7)20-14(22)12-10-19-21(11(12)2)16(3,4)5/h10,13H,8-9H2,1-7H3,(H,20,22)(H,23,24). The van der Waals surface area contributed by atoms with E-state index < -0.39 is 22.8 Å². The van der Waals surface area contributed by atoms with E-state index in [9.17, 15) is 14.7 Å². The Morgan fingerprint density at radius 3 is 2.44 bits per heavy atom. The van der Waals surface area contributed by atoms with Crippen molar-refractivity contribution in [3.8, 4) is 0 Å². The third-order valence-corrected chi connectivity index (χ3v) is 5.35. The van der Waals surface area contributed by atoms with Crippen molar-refractivity contribution in [3.63, 3.8) is 0 Å². The topological polar surface area (TPSA) is 93.5 Å². The highest BCUT2D eigenvalue weighted by atomic mass is 16.5. The van der Waals surface area contributed by atoms with E-state index >= 15 is 0 Å². The molecule has 0 aliphatic heterocycles. The Bertz CT molecular complexity index is 687. The molecule has 0 bridgehead atoms. The number of ether oxygens (including phenoxy) is 1. The summed E-state index contributed by atoms with van der Waals surface area (Å²) in [5.74, 6) is -1.46. The van der Waals surface area contributed by atoms with Crippen LogP contribution in [0.2, 0.25) is 0 Å². The summed E-state index contributed by atoms with van der Waals surface area (Å²) < 4.78 is 7.40. The summed E-state index contributed by atoms with van der Waals surface area (Å²) in [6, 6.07) is 0. The predicted molar refractivity (Wildman–Crippen MR) is 93.6 cm³/mol. The SMILES string of the molecule is CCOC1CC(NC(=O)c2cnn(C(C)(C)C)c2C)(C(=O)O)C1(C)C. The fraction of sp³-hybridized carbons (Fsp3) is 0.722. The number of nitrogens with one attached hydrogen (secondary N) is 1. The molecule has 0 radical (unpaired) electrons. The number of amides is 1. The first kappa shape index (κ1) is 19.4. The second-order valence-electron chi connectivity index (χ2n) is 8.26. The van der Waals surface area contributed by atoms with Crippen LogP contribution >= 0.6 is 0 Å². The first-order valence-electron chi connectivity index (χ1n) is 8.61. The van der Waals surface area contributed by atoms with Crippen molar-refractivity contribution < 1.29 is 19.4 Å². The molecular formula is C18H29N3O4. The minimum Gasteiger partial charge on any atom is -0.479 e. The lowest BCUT2D eigenvalue weighted by atomic mass is 9.54. The lowest BCUT2D eigenvalue weighted by Crippen LogP contribution is -2.76. The van der Waals surface area contributed by atoms with Gasteiger partial charge in [-0.3, -0.25) is 9.48 Å². The number of nitrogens with zero attached hydrogens (tertiary/aromatic N) is 2. The maximum Gasteiger partial charge on any atom is 0.330 e. The van der Waals surface area contributed by atoms with Gasteiger partial charge in [0.1, 0.15) is 5.54 Å². The van der Waals surface area contributed by atoms with E-state index in [1.807, 2.05) is 48.5 Å². The minimum atomic E-state index is -1.35. The van der Waals surface area contributed by atoms with Gasteiger partial charge in [0.25, 0.3) is 5.91 Å². The monoisotopic (exact) mass is 351 g/mol. The summed E-state index contributed by atoms with van der Waals surface area (Å²) in [6.07, 6.45) is 1.55. The lowest BCUT2D eigenvalue weighted by molar-refractivity contribution is -0.190. The molecule has 0 aromatic carbocycles. The Morgan fingerprint density at radius 1 is 1.44 bits per heavy atom. The molecule has 1 aliphatic carbocycles. The molecule has 0 spiro atoms. The Morgan fingerprint density at radius 2 is 2.04 bits per heavy atom. The van der Waals surface area contributed by atoms with E-state index in [0.29, 0.717) is 17.9 Å². The highest BCUT2D eigenvalue weighted by Gasteiger charge is 2.66. The van der Waals surface area contributed by atoms with Crippen LogP contribution < -0.4 is 5.32 Å². The van der Waals surface area contributed by atoms with Gasteiger partial charge >= 0.3 is 5.97 Å². The first-order valence-corrected chi connectivity index (χ1v) is 8.61. The van der Waals surface area contributed by atoms with E-state index in [1.165, 1.54) is 6.20 Å². The average Bonchev–Trinajstić information content (AvgIpc) is 2.87. The van der Waals surface area contributed by atoms with Crippen LogP contribution in [0.3, 0.4) is 0 Å². The molecule has 2 atom stereocenters. The summed E-state index contributed by atoms with van der Waals surface area (Å²) in [5, 5.41) is 16.9. The van der Waals surface area contributed by atoms with E-state index in [0.717, 1.165) is 0 Å². The highest BCUT2D eigenvalue weighted by molar-refractivity contribution is 5.99. The molecule has 2 unspecified atom stereocenters. The van der Waals surface area contributed by atoms with Crippen molar-refractivity contribution in [1.29, 1.82) is 0 Å². The number of carbonyl (C=O) groups is 2. The molecule has 0 saturated heterocycles. The quantitative estimate of drug-likeness (QED) is 0.849. The smallest absolute Gasteiger partial charge is 0.330 e. The molecule has 1 aliphatic rings. The van der Waals surface area contributed by atoms with Crippen molar-refractivity contribution >= 4 is 11.9 Å². The molecule has 2 N–H and O–H groups in total. The van der Waals surface area contributed by atoms with E-state index in [1.54, 1.807) is 4.68 Å². The molecular weight excluding hydrogens is 322 g/mol. The van der Waals surface area contributed by atoms with Crippen LogP contribution in [0, 0.1) is 12.3 Å². The normalized spacial score (nSPS) is 25.3. The molecule has 25 heavy (non-hydrogen) atoms. The number of carboxylic acids is 1. The van der Waals surface area contributed by atoms with Gasteiger partial charge in [-0.05, 0) is 34.6 Å². The number of aliphatic carboxylic acids is 1. The van der Waals surface area contributed by atoms with Crippen LogP contribution in [0.25, 0.3) is 0 Å². The zero-order valence-electron chi connectivity index (χ0n) is 16.1. The fourth-order valence-corrected chi connectivity index (χ4v) is 3.61. The van der Waals surface area contributed by atoms with Gasteiger partial charge in [0, 0.05) is 24.1 Å². The van der Waals surface area contributed by atoms with Crippen LogP contribution in [-0.4, -0.2) is 45.0 Å². The molecule has 1 heterocycles. The molecule has 1 amide bonds. The average molecular weight is 351 g/mol. The van der Waals surface area contributed by atoms with Gasteiger partial charge in [-0.1, -0.05) is 13.8 Å². The Labute approximate surface area is 148 Å². The van der Waals surface area contributed by atoms with Crippen molar-refractivity contribution in [2.24, 2.45) is 5.41 Å². The van der Waals surface area contributed by atoms with Crippen LogP contribution in [0.4, 0.5) is 0 Å². The van der Waals surface area contributed by atoms with Crippen LogP contribution in [0.1, 0.15) is 64.0 Å². The van der Waals surface area contributed by atoms with Gasteiger partial charge in [0.2, 0.25) is 0 Å². The van der Waals surface area contributed by atoms with Crippen molar-refractivity contribution in [3.05, 3.63) is 17.5 Å². The summed E-state index contributed by atoms with van der Waals surface area (Å²) in [4.78, 5) is 24.8. The zero-order valence-corrected chi connectivity index (χ0v) is 16.1. The molecule has 2 rings (SSSR count). The molecule has 1 saturated carbocycles. The summed E-state index contributed by atoms with van der Waals surface area (Å²) in [5.41, 5.74) is -1.21. The van der Waals surface area contributed by atoms with Crippen LogP contribution in [0.5, 0.6) is 0 Å². The molecule has 1 aromatic rings. The number of hydrogen-bond acceptors (Lipinski definition) is 4. The van der Waals surface area contributed by atoms with Gasteiger partial charge in [-0.2, -0.15) is 5.10 Å².